The number of nitrogens with zero attached hydrogens (tertiary/aromatic N) is 1. The summed E-state index contributed by atoms with van der Waals surface area (Å²) in [5, 5.41) is 28.2. The van der Waals surface area contributed by atoms with E-state index in [1.807, 2.05) is 0 Å². The smallest absolute Gasteiger partial charge is 0.204 e. The normalized spacial score (nSPS) is 41.8. The molecule has 0 bridgehead atoms. The van der Waals surface area contributed by atoms with E-state index < -0.39 is 42.7 Å². The maximum absolute atomic E-state index is 11.7. The van der Waals surface area contributed by atoms with Gasteiger partial charge in [-0.05, 0) is 6.08 Å². The summed E-state index contributed by atoms with van der Waals surface area (Å²) < 4.78 is 20.6. The van der Waals surface area contributed by atoms with Gasteiger partial charge in [-0.25, -0.2) is 0 Å². The second-order valence-corrected chi connectivity index (χ2v) is 5.18. The predicted octanol–water partition coefficient (Wildman–Crippen LogP) is -2.25. The molecule has 9 heteroatoms. The lowest BCUT2D eigenvalue weighted by Crippen LogP contribution is -2.51. The number of hydrogen-bond acceptors (Lipinski definition) is 7. The molecule has 17 heavy (non-hydrogen) atoms. The molecule has 2 aliphatic heterocycles. The molecule has 0 amide bonds. The Morgan fingerprint density at radius 1 is 1.53 bits per heavy atom. The van der Waals surface area contributed by atoms with Crippen LogP contribution in [0.3, 0.4) is 0 Å². The zero-order valence-electron chi connectivity index (χ0n) is 8.59. The minimum absolute atomic E-state index is 0.311. The molecule has 0 spiro atoms. The van der Waals surface area contributed by atoms with Crippen LogP contribution in [0.25, 0.3) is 0 Å². The van der Waals surface area contributed by atoms with Gasteiger partial charge in [-0.15, -0.1) is 4.31 Å². The van der Waals surface area contributed by atoms with Gasteiger partial charge in [-0.2, -0.15) is 4.72 Å². The Balaban J connectivity index is 2.13. The highest BCUT2D eigenvalue weighted by Crippen LogP contribution is 2.26. The second-order valence-electron chi connectivity index (χ2n) is 3.62. The van der Waals surface area contributed by atoms with E-state index in [0.29, 0.717) is 4.99 Å². The monoisotopic (exact) mass is 280 g/mol. The van der Waals surface area contributed by atoms with Gasteiger partial charge < -0.3 is 24.6 Å². The molecule has 1 fully saturated rings. The molecule has 4 N–H and O–H groups in total. The lowest BCUT2D eigenvalue weighted by atomic mass is 10.1. The van der Waals surface area contributed by atoms with Crippen molar-refractivity contribution in [1.82, 2.24) is 9.03 Å². The molecule has 2 aliphatic rings. The highest BCUT2D eigenvalue weighted by molar-refractivity contribution is 7.90. The summed E-state index contributed by atoms with van der Waals surface area (Å²) in [6.07, 6.45) is -1.46. The molecule has 1 saturated heterocycles. The van der Waals surface area contributed by atoms with Crippen LogP contribution in [0.5, 0.6) is 0 Å². The molecule has 2 rings (SSSR count). The molecule has 5 atom stereocenters. The maximum Gasteiger partial charge on any atom is 0.204 e. The number of aliphatic hydroxyl groups is 3. The van der Waals surface area contributed by atoms with Gasteiger partial charge in [-0.3, -0.25) is 0 Å². The Kier molecular flexibility index (Phi) is 3.88. The molecule has 96 valence electrons. The number of rotatable bonds is 2. The van der Waals surface area contributed by atoms with Crippen molar-refractivity contribution in [1.29, 1.82) is 0 Å². The summed E-state index contributed by atoms with van der Waals surface area (Å²) in [4.78, 5) is 0.311. The summed E-state index contributed by atoms with van der Waals surface area (Å²) in [5.74, 6) is 0. The van der Waals surface area contributed by atoms with E-state index in [9.17, 15) is 14.8 Å². The highest BCUT2D eigenvalue weighted by atomic mass is 32.2. The molecule has 0 aromatic heterocycles. The fourth-order valence-corrected chi connectivity index (χ4v) is 2.79. The molecule has 0 aliphatic carbocycles. The average molecular weight is 280 g/mol. The first kappa shape index (κ1) is 13.0. The fraction of sp³-hybridized carbons (Fsp3) is 0.625. The number of aliphatic hydroxyl groups excluding tert-OH is 3. The first-order valence-electron chi connectivity index (χ1n) is 4.86. The minimum atomic E-state index is -1.67. The van der Waals surface area contributed by atoms with Crippen LogP contribution >= 0.6 is 12.2 Å². The van der Waals surface area contributed by atoms with E-state index in [2.05, 4.69) is 4.72 Å². The summed E-state index contributed by atoms with van der Waals surface area (Å²) in [7, 11) is 0. The number of hydrogen-bond donors (Lipinski definition) is 4. The molecule has 0 radical (unpaired) electrons. The van der Waals surface area contributed by atoms with Crippen molar-refractivity contribution in [3.63, 3.8) is 0 Å². The van der Waals surface area contributed by atoms with E-state index >= 15 is 0 Å². The largest absolute Gasteiger partial charge is 0.568 e. The van der Waals surface area contributed by atoms with E-state index in [1.54, 1.807) is 0 Å². The molecule has 1 unspecified atom stereocenters. The topological polar surface area (TPSA) is 108 Å². The van der Waals surface area contributed by atoms with Crippen molar-refractivity contribution in [3.05, 3.63) is 12.3 Å². The van der Waals surface area contributed by atoms with Gasteiger partial charge in [-0.1, -0.05) is 12.2 Å². The maximum atomic E-state index is 11.7. The second kappa shape index (κ2) is 5.06. The Bertz CT molecular complexity index is 342. The highest BCUT2D eigenvalue weighted by Gasteiger charge is 2.48. The van der Waals surface area contributed by atoms with Crippen LogP contribution in [0, 0.1) is 0 Å². The molecular formula is C8H12N2O5S2. The SMILES string of the molecule is [O-][S+]1NC(=S)C=CN1[C@@H]1O[C@H](CO)[C@@H](O)[C@H]1O. The van der Waals surface area contributed by atoms with Gasteiger partial charge >= 0.3 is 0 Å². The molecule has 0 aromatic carbocycles. The van der Waals surface area contributed by atoms with Gasteiger partial charge in [0.05, 0.1) is 12.8 Å². The van der Waals surface area contributed by atoms with E-state index in [0.717, 1.165) is 0 Å². The van der Waals surface area contributed by atoms with Crippen molar-refractivity contribution in [2.75, 3.05) is 6.61 Å². The average Bonchev–Trinajstić information content (AvgIpc) is 2.57. The quantitative estimate of drug-likeness (QED) is 0.332. The summed E-state index contributed by atoms with van der Waals surface area (Å²) in [5.41, 5.74) is 0. The van der Waals surface area contributed by atoms with Crippen LogP contribution in [0.4, 0.5) is 0 Å². The Hall–Kier alpha value is -0.420. The molecule has 0 saturated carbocycles. The van der Waals surface area contributed by atoms with Crippen molar-refractivity contribution < 1.29 is 24.6 Å². The Morgan fingerprint density at radius 2 is 2.24 bits per heavy atom. The van der Waals surface area contributed by atoms with E-state index in [1.165, 1.54) is 16.6 Å². The third-order valence-corrected chi connectivity index (χ3v) is 3.99. The first-order chi connectivity index (χ1) is 8.04. The van der Waals surface area contributed by atoms with Gasteiger partial charge in [0.15, 0.2) is 11.5 Å². The van der Waals surface area contributed by atoms with Crippen LogP contribution in [0.1, 0.15) is 0 Å². The van der Waals surface area contributed by atoms with Crippen LogP contribution in [0.15, 0.2) is 12.3 Å². The molecular weight excluding hydrogens is 268 g/mol. The minimum Gasteiger partial charge on any atom is -0.568 e. The van der Waals surface area contributed by atoms with Gasteiger partial charge in [0, 0.05) is 0 Å². The zero-order valence-corrected chi connectivity index (χ0v) is 10.2. The Morgan fingerprint density at radius 3 is 2.76 bits per heavy atom. The number of ether oxygens (including phenoxy) is 1. The number of nitrogens with one attached hydrogen (secondary N) is 1. The molecule has 0 aromatic rings. The van der Waals surface area contributed by atoms with E-state index in [-0.39, 0.29) is 0 Å². The molecule has 7 nitrogen and oxygen atoms in total. The van der Waals surface area contributed by atoms with Crippen LogP contribution in [0.2, 0.25) is 0 Å². The third-order valence-electron chi connectivity index (χ3n) is 2.52. The lowest BCUT2D eigenvalue weighted by Gasteiger charge is -2.30. The number of thiocarbonyl (C=S) groups is 1. The van der Waals surface area contributed by atoms with Gasteiger partial charge in [0.1, 0.15) is 23.3 Å². The molecule has 2 heterocycles. The zero-order chi connectivity index (χ0) is 12.6. The lowest BCUT2D eigenvalue weighted by molar-refractivity contribution is -0.0544. The van der Waals surface area contributed by atoms with E-state index in [4.69, 9.17) is 22.1 Å². The standard InChI is InChI=1S/C8H12N2O5S2/c11-3-4-6(12)7(13)8(15-4)10-2-1-5(16)9-17(10)14/h1-2,4,6-8,11-13H,3H2,(H,9,16)/t4-,6-,7-,8-,17?/m1/s1. The fourth-order valence-electron chi connectivity index (χ4n) is 1.64. The van der Waals surface area contributed by atoms with Crippen molar-refractivity contribution in [2.24, 2.45) is 0 Å². The Labute approximate surface area is 106 Å². The third kappa shape index (κ3) is 2.40. The predicted molar refractivity (Wildman–Crippen MR) is 62.6 cm³/mol. The van der Waals surface area contributed by atoms with Crippen molar-refractivity contribution in [2.45, 2.75) is 24.5 Å². The van der Waals surface area contributed by atoms with Crippen LogP contribution < -0.4 is 4.72 Å². The first-order valence-corrected chi connectivity index (χ1v) is 6.37. The van der Waals surface area contributed by atoms with Gasteiger partial charge in [0.25, 0.3) is 0 Å². The van der Waals surface area contributed by atoms with Gasteiger partial charge in [0.2, 0.25) is 6.23 Å². The van der Waals surface area contributed by atoms with Crippen LogP contribution in [-0.2, 0) is 16.3 Å². The van der Waals surface area contributed by atoms with Crippen LogP contribution in [-0.4, -0.2) is 60.3 Å². The van der Waals surface area contributed by atoms with Crippen molar-refractivity contribution in [3.8, 4) is 0 Å². The summed E-state index contributed by atoms with van der Waals surface area (Å²) >= 11 is 3.13. The summed E-state index contributed by atoms with van der Waals surface area (Å²) in [6, 6.07) is 0. The summed E-state index contributed by atoms with van der Waals surface area (Å²) in [6.45, 7) is -0.426. The van der Waals surface area contributed by atoms with Crippen molar-refractivity contribution >= 4 is 28.8 Å².